The first-order chi connectivity index (χ1) is 12.5. The third kappa shape index (κ3) is 4.81. The Morgan fingerprint density at radius 2 is 1.96 bits per heavy atom. The number of amides is 1. The van der Waals surface area contributed by atoms with E-state index in [4.69, 9.17) is 11.6 Å². The number of nitrogens with zero attached hydrogens (tertiary/aromatic N) is 2. The molecule has 1 N–H and O–H groups in total. The highest BCUT2D eigenvalue weighted by Gasteiger charge is 2.18. The second-order valence-corrected chi connectivity index (χ2v) is 7.84. The molecule has 0 radical (unpaired) electrons. The lowest BCUT2D eigenvalue weighted by atomic mass is 10.1. The minimum absolute atomic E-state index is 0.0226. The van der Waals surface area contributed by atoms with E-state index in [9.17, 15) is 4.79 Å². The van der Waals surface area contributed by atoms with Gasteiger partial charge in [-0.3, -0.25) is 9.69 Å². The second-order valence-electron chi connectivity index (χ2n) is 6.34. The van der Waals surface area contributed by atoms with Gasteiger partial charge in [0.05, 0.1) is 22.8 Å². The summed E-state index contributed by atoms with van der Waals surface area (Å²) in [7, 11) is 1.95. The van der Waals surface area contributed by atoms with Crippen LogP contribution >= 0.6 is 22.9 Å². The molecule has 26 heavy (non-hydrogen) atoms. The van der Waals surface area contributed by atoms with E-state index in [0.29, 0.717) is 13.1 Å². The summed E-state index contributed by atoms with van der Waals surface area (Å²) in [5.74, 6) is 0.0226. The minimum atomic E-state index is 0.0226. The fourth-order valence-corrected chi connectivity index (χ4v) is 3.88. The lowest BCUT2D eigenvalue weighted by molar-refractivity contribution is -0.122. The van der Waals surface area contributed by atoms with Gasteiger partial charge < -0.3 is 5.32 Å². The van der Waals surface area contributed by atoms with E-state index >= 15 is 0 Å². The lowest BCUT2D eigenvalue weighted by Crippen LogP contribution is -2.37. The van der Waals surface area contributed by atoms with Crippen LogP contribution in [-0.2, 0) is 11.2 Å². The monoisotopic (exact) mass is 387 g/mol. The Morgan fingerprint density at radius 3 is 2.69 bits per heavy atom. The Hall–Kier alpha value is -1.95. The summed E-state index contributed by atoms with van der Waals surface area (Å²) < 4.78 is 1.18. The number of fused-ring (bicyclic) bond motifs is 1. The Balaban J connectivity index is 1.49. The quantitative estimate of drug-likeness (QED) is 0.657. The van der Waals surface area contributed by atoms with Gasteiger partial charge >= 0.3 is 0 Å². The maximum absolute atomic E-state index is 12.2. The van der Waals surface area contributed by atoms with Gasteiger partial charge in [0.25, 0.3) is 0 Å². The summed E-state index contributed by atoms with van der Waals surface area (Å²) in [5, 5.41) is 4.73. The van der Waals surface area contributed by atoms with Gasteiger partial charge in [-0.05, 0) is 50.2 Å². The molecule has 0 fully saturated rings. The Bertz CT molecular complexity index is 845. The summed E-state index contributed by atoms with van der Waals surface area (Å²) in [5.41, 5.74) is 2.17. The van der Waals surface area contributed by atoms with Gasteiger partial charge in [-0.15, -0.1) is 11.3 Å². The molecule has 136 valence electrons. The maximum Gasteiger partial charge on any atom is 0.234 e. The van der Waals surface area contributed by atoms with Crippen LogP contribution in [0.1, 0.15) is 23.5 Å². The fourth-order valence-electron chi connectivity index (χ4n) is 2.67. The van der Waals surface area contributed by atoms with Crippen molar-refractivity contribution in [3.05, 3.63) is 64.1 Å². The minimum Gasteiger partial charge on any atom is -0.355 e. The molecule has 0 unspecified atom stereocenters. The van der Waals surface area contributed by atoms with E-state index in [1.807, 2.05) is 54.4 Å². The Labute approximate surface area is 162 Å². The Kier molecular flexibility index (Phi) is 6.25. The Morgan fingerprint density at radius 1 is 1.23 bits per heavy atom. The van der Waals surface area contributed by atoms with Crippen LogP contribution in [-0.4, -0.2) is 35.9 Å². The molecule has 3 rings (SSSR count). The normalized spacial score (nSPS) is 12.5. The van der Waals surface area contributed by atoms with Gasteiger partial charge in [-0.2, -0.15) is 0 Å². The molecule has 6 heteroatoms. The molecule has 2 aromatic carbocycles. The van der Waals surface area contributed by atoms with Crippen molar-refractivity contribution in [2.45, 2.75) is 19.4 Å². The highest BCUT2D eigenvalue weighted by atomic mass is 35.5. The number of nitrogens with one attached hydrogen (secondary N) is 1. The number of para-hydroxylation sites is 1. The first kappa shape index (κ1) is 18.8. The fraction of sp³-hybridized carbons (Fsp3) is 0.300. The van der Waals surface area contributed by atoms with Crippen LogP contribution in [0.4, 0.5) is 0 Å². The molecule has 1 amide bonds. The first-order valence-electron chi connectivity index (χ1n) is 8.60. The highest BCUT2D eigenvalue weighted by molar-refractivity contribution is 7.18. The molecule has 1 heterocycles. The predicted molar refractivity (Wildman–Crippen MR) is 109 cm³/mol. The molecule has 0 aliphatic rings. The van der Waals surface area contributed by atoms with Gasteiger partial charge in [0.1, 0.15) is 5.01 Å². The van der Waals surface area contributed by atoms with Crippen LogP contribution in [0.15, 0.2) is 48.5 Å². The molecule has 0 aliphatic heterocycles. The number of aromatic nitrogens is 1. The molecule has 0 spiro atoms. The standard InChI is InChI=1S/C20H22ClN3OS/c1-14(20-23-17-5-3-4-6-18(17)26-20)24(2)13-19(25)22-12-11-15-7-9-16(21)10-8-15/h3-10,14H,11-13H2,1-2H3,(H,22,25)/t14-/m1/s1. The number of carbonyl (C=O) groups excluding carboxylic acids is 1. The predicted octanol–water partition coefficient (Wildman–Crippen LogP) is 4.30. The smallest absolute Gasteiger partial charge is 0.234 e. The van der Waals surface area contributed by atoms with Gasteiger partial charge in [0.2, 0.25) is 5.91 Å². The zero-order valence-electron chi connectivity index (χ0n) is 14.9. The van der Waals surface area contributed by atoms with Crippen molar-refractivity contribution < 1.29 is 4.79 Å². The van der Waals surface area contributed by atoms with Gasteiger partial charge in [0, 0.05) is 11.6 Å². The molecule has 0 aliphatic carbocycles. The molecule has 1 aromatic heterocycles. The van der Waals surface area contributed by atoms with E-state index in [-0.39, 0.29) is 11.9 Å². The highest BCUT2D eigenvalue weighted by Crippen LogP contribution is 2.28. The first-order valence-corrected chi connectivity index (χ1v) is 9.79. The van der Waals surface area contributed by atoms with Gasteiger partial charge in [-0.1, -0.05) is 35.9 Å². The van der Waals surface area contributed by atoms with Crippen LogP contribution in [0, 0.1) is 0 Å². The summed E-state index contributed by atoms with van der Waals surface area (Å²) in [4.78, 5) is 18.9. The summed E-state index contributed by atoms with van der Waals surface area (Å²) in [6.07, 6.45) is 0.792. The van der Waals surface area contributed by atoms with Crippen molar-refractivity contribution >= 4 is 39.1 Å². The molecular weight excluding hydrogens is 366 g/mol. The van der Waals surface area contributed by atoms with E-state index in [1.165, 1.54) is 4.70 Å². The zero-order chi connectivity index (χ0) is 18.5. The number of rotatable bonds is 7. The number of benzene rings is 2. The topological polar surface area (TPSA) is 45.2 Å². The van der Waals surface area contributed by atoms with Crippen LogP contribution in [0.3, 0.4) is 0 Å². The summed E-state index contributed by atoms with van der Waals surface area (Å²) in [6.45, 7) is 3.04. The SMILES string of the molecule is C[C@H](c1nc2ccccc2s1)N(C)CC(=O)NCCc1ccc(Cl)cc1. The van der Waals surface area contributed by atoms with E-state index in [2.05, 4.69) is 23.3 Å². The molecule has 0 saturated heterocycles. The third-order valence-electron chi connectivity index (χ3n) is 4.37. The average molecular weight is 388 g/mol. The van der Waals surface area contributed by atoms with Crippen LogP contribution < -0.4 is 5.32 Å². The maximum atomic E-state index is 12.2. The van der Waals surface area contributed by atoms with E-state index < -0.39 is 0 Å². The van der Waals surface area contributed by atoms with E-state index in [1.54, 1.807) is 11.3 Å². The van der Waals surface area contributed by atoms with Crippen molar-refractivity contribution in [1.82, 2.24) is 15.2 Å². The van der Waals surface area contributed by atoms with Crippen molar-refractivity contribution in [2.24, 2.45) is 0 Å². The molecule has 0 saturated carbocycles. The van der Waals surface area contributed by atoms with Crippen molar-refractivity contribution in [1.29, 1.82) is 0 Å². The number of hydrogen-bond acceptors (Lipinski definition) is 4. The largest absolute Gasteiger partial charge is 0.355 e. The van der Waals surface area contributed by atoms with Crippen LogP contribution in [0.25, 0.3) is 10.2 Å². The number of thiazole rings is 1. The van der Waals surface area contributed by atoms with Gasteiger partial charge in [0.15, 0.2) is 0 Å². The number of carbonyl (C=O) groups is 1. The van der Waals surface area contributed by atoms with Crippen molar-refractivity contribution in [2.75, 3.05) is 20.1 Å². The van der Waals surface area contributed by atoms with E-state index in [0.717, 1.165) is 27.5 Å². The number of hydrogen-bond donors (Lipinski definition) is 1. The van der Waals surface area contributed by atoms with Gasteiger partial charge in [-0.25, -0.2) is 4.98 Å². The number of likely N-dealkylation sites (N-methyl/N-ethyl adjacent to an activating group) is 1. The average Bonchev–Trinajstić information content (AvgIpc) is 3.06. The number of halogens is 1. The molecule has 3 aromatic rings. The van der Waals surface area contributed by atoms with Crippen molar-refractivity contribution in [3.8, 4) is 0 Å². The van der Waals surface area contributed by atoms with Crippen LogP contribution in [0.2, 0.25) is 5.02 Å². The second kappa shape index (κ2) is 8.62. The molecule has 0 bridgehead atoms. The molecular formula is C20H22ClN3OS. The lowest BCUT2D eigenvalue weighted by Gasteiger charge is -2.22. The van der Waals surface area contributed by atoms with Crippen molar-refractivity contribution in [3.63, 3.8) is 0 Å². The zero-order valence-corrected chi connectivity index (χ0v) is 16.5. The van der Waals surface area contributed by atoms with Crippen LogP contribution in [0.5, 0.6) is 0 Å². The molecule has 4 nitrogen and oxygen atoms in total. The third-order valence-corrected chi connectivity index (χ3v) is 5.83. The summed E-state index contributed by atoms with van der Waals surface area (Å²) >= 11 is 7.56. The summed E-state index contributed by atoms with van der Waals surface area (Å²) in [6, 6.07) is 15.9. The molecule has 1 atom stereocenters.